The first-order valence-corrected chi connectivity index (χ1v) is 11.8. The van der Waals surface area contributed by atoms with Gasteiger partial charge in [0.05, 0.1) is 5.56 Å². The molecule has 0 aliphatic carbocycles. The molecule has 184 valence electrons. The van der Waals surface area contributed by atoms with Crippen molar-refractivity contribution in [2.24, 2.45) is 0 Å². The van der Waals surface area contributed by atoms with Gasteiger partial charge in [-0.3, -0.25) is 4.79 Å². The molecular formula is C30H34O5. The van der Waals surface area contributed by atoms with Gasteiger partial charge in [0.2, 0.25) is 5.43 Å². The quantitative estimate of drug-likeness (QED) is 0.298. The number of hydrogen-bond donors (Lipinski definition) is 3. The number of benzene rings is 2. The topological polar surface area (TPSA) is 90.9 Å². The number of allylic oxidation sites excluding steroid dienone is 6. The summed E-state index contributed by atoms with van der Waals surface area (Å²) < 4.78 is 5.60. The van der Waals surface area contributed by atoms with Gasteiger partial charge in [0.1, 0.15) is 34.5 Å². The minimum Gasteiger partial charge on any atom is -0.508 e. The molecule has 0 aliphatic rings. The van der Waals surface area contributed by atoms with Crippen molar-refractivity contribution in [3.8, 4) is 28.4 Å². The van der Waals surface area contributed by atoms with Crippen LogP contribution in [0.2, 0.25) is 0 Å². The number of aromatic hydroxyl groups is 3. The van der Waals surface area contributed by atoms with Crippen LogP contribution in [0.3, 0.4) is 0 Å². The monoisotopic (exact) mass is 474 g/mol. The Hall–Kier alpha value is -3.73. The summed E-state index contributed by atoms with van der Waals surface area (Å²) in [6.07, 6.45) is 10.7. The van der Waals surface area contributed by atoms with E-state index in [1.54, 1.807) is 12.1 Å². The molecule has 0 spiro atoms. The summed E-state index contributed by atoms with van der Waals surface area (Å²) in [6.45, 7) is 10.2. The minimum atomic E-state index is -0.401. The van der Waals surface area contributed by atoms with Crippen molar-refractivity contribution < 1.29 is 19.7 Å². The van der Waals surface area contributed by atoms with Crippen LogP contribution in [0.25, 0.3) is 22.1 Å². The minimum absolute atomic E-state index is 0.00999. The van der Waals surface area contributed by atoms with Crippen LogP contribution in [0.15, 0.2) is 74.7 Å². The van der Waals surface area contributed by atoms with Crippen molar-refractivity contribution in [3.63, 3.8) is 0 Å². The Morgan fingerprint density at radius 2 is 1.49 bits per heavy atom. The Morgan fingerprint density at radius 3 is 2.11 bits per heavy atom. The second-order valence-electron chi connectivity index (χ2n) is 9.52. The van der Waals surface area contributed by atoms with E-state index in [1.807, 2.05) is 19.9 Å². The summed E-state index contributed by atoms with van der Waals surface area (Å²) >= 11 is 0. The molecule has 1 aromatic heterocycles. The molecule has 0 fully saturated rings. The molecule has 0 amide bonds. The zero-order valence-corrected chi connectivity index (χ0v) is 21.1. The first-order chi connectivity index (χ1) is 16.6. The standard InChI is InChI=1S/C30H34O5/c1-18(2)7-6-8-20(5)10-12-22-14-23(13-21(29(22)33)11-9-19(3)4)25-17-35-27-16-24(31)15-26(32)28(27)30(25)34/h7,9-10,13-17,31-33H,6,8,11-12H2,1-5H3/b20-10+. The van der Waals surface area contributed by atoms with Gasteiger partial charge in [-0.15, -0.1) is 0 Å². The lowest BCUT2D eigenvalue weighted by Gasteiger charge is -2.13. The molecular weight excluding hydrogens is 440 g/mol. The molecule has 5 heteroatoms. The predicted octanol–water partition coefficient (Wildman–Crippen LogP) is 7.32. The van der Waals surface area contributed by atoms with Gasteiger partial charge in [-0.05, 0) is 89.1 Å². The summed E-state index contributed by atoms with van der Waals surface area (Å²) in [4.78, 5) is 13.3. The molecule has 0 saturated heterocycles. The van der Waals surface area contributed by atoms with Crippen LogP contribution in [0.4, 0.5) is 0 Å². The molecule has 3 aromatic rings. The van der Waals surface area contributed by atoms with E-state index in [4.69, 9.17) is 4.42 Å². The summed E-state index contributed by atoms with van der Waals surface area (Å²) in [5, 5.41) is 31.0. The molecule has 0 unspecified atom stereocenters. The second kappa shape index (κ2) is 11.1. The lowest BCUT2D eigenvalue weighted by Crippen LogP contribution is -2.06. The molecule has 0 aliphatic heterocycles. The summed E-state index contributed by atoms with van der Waals surface area (Å²) in [6, 6.07) is 6.01. The van der Waals surface area contributed by atoms with Gasteiger partial charge < -0.3 is 19.7 Å². The lowest BCUT2D eigenvalue weighted by molar-refractivity contribution is 0.452. The predicted molar refractivity (Wildman–Crippen MR) is 142 cm³/mol. The third-order valence-electron chi connectivity index (χ3n) is 5.91. The average Bonchev–Trinajstić information content (AvgIpc) is 2.77. The molecule has 35 heavy (non-hydrogen) atoms. The number of phenols is 3. The first kappa shape index (κ1) is 25.9. The van der Waals surface area contributed by atoms with Crippen molar-refractivity contribution in [1.82, 2.24) is 0 Å². The highest BCUT2D eigenvalue weighted by Crippen LogP contribution is 2.33. The molecule has 0 atom stereocenters. The van der Waals surface area contributed by atoms with Crippen molar-refractivity contribution >= 4 is 11.0 Å². The van der Waals surface area contributed by atoms with Gasteiger partial charge in [0.25, 0.3) is 0 Å². The molecule has 3 N–H and O–H groups in total. The highest BCUT2D eigenvalue weighted by atomic mass is 16.3. The van der Waals surface area contributed by atoms with E-state index < -0.39 is 5.43 Å². The number of hydrogen-bond acceptors (Lipinski definition) is 5. The molecule has 1 heterocycles. The first-order valence-electron chi connectivity index (χ1n) is 11.8. The van der Waals surface area contributed by atoms with Crippen LogP contribution in [0.1, 0.15) is 58.6 Å². The van der Waals surface area contributed by atoms with E-state index >= 15 is 0 Å². The second-order valence-corrected chi connectivity index (χ2v) is 9.52. The average molecular weight is 475 g/mol. The maximum absolute atomic E-state index is 13.3. The molecule has 0 bridgehead atoms. The van der Waals surface area contributed by atoms with E-state index in [0.717, 1.165) is 30.0 Å². The van der Waals surface area contributed by atoms with Crippen LogP contribution in [0, 0.1) is 0 Å². The summed E-state index contributed by atoms with van der Waals surface area (Å²) in [5.74, 6) is -0.305. The maximum Gasteiger partial charge on any atom is 0.204 e. The number of rotatable bonds is 8. The van der Waals surface area contributed by atoms with Crippen molar-refractivity contribution in [2.75, 3.05) is 0 Å². The van der Waals surface area contributed by atoms with Crippen LogP contribution in [-0.4, -0.2) is 15.3 Å². The van der Waals surface area contributed by atoms with E-state index in [1.165, 1.54) is 23.5 Å². The SMILES string of the molecule is CC(C)=CCC/C(C)=C/Cc1cc(-c2coc3cc(O)cc(O)c3c2=O)cc(CC=C(C)C)c1O. The van der Waals surface area contributed by atoms with E-state index in [0.29, 0.717) is 24.0 Å². The van der Waals surface area contributed by atoms with Gasteiger partial charge in [0, 0.05) is 12.1 Å². The normalized spacial score (nSPS) is 11.5. The fourth-order valence-corrected chi connectivity index (χ4v) is 3.93. The zero-order chi connectivity index (χ0) is 25.7. The lowest BCUT2D eigenvalue weighted by atomic mass is 9.94. The fourth-order valence-electron chi connectivity index (χ4n) is 3.93. The third-order valence-corrected chi connectivity index (χ3v) is 5.91. The van der Waals surface area contributed by atoms with Gasteiger partial charge in [-0.25, -0.2) is 0 Å². The van der Waals surface area contributed by atoms with Crippen LogP contribution in [0.5, 0.6) is 17.2 Å². The van der Waals surface area contributed by atoms with Gasteiger partial charge >= 0.3 is 0 Å². The van der Waals surface area contributed by atoms with E-state index in [9.17, 15) is 20.1 Å². The van der Waals surface area contributed by atoms with Crippen LogP contribution < -0.4 is 5.43 Å². The Kier molecular flexibility index (Phi) is 8.23. The molecule has 0 radical (unpaired) electrons. The molecule has 0 saturated carbocycles. The highest BCUT2D eigenvalue weighted by molar-refractivity contribution is 5.88. The maximum atomic E-state index is 13.3. The van der Waals surface area contributed by atoms with Gasteiger partial charge in [0.15, 0.2) is 0 Å². The van der Waals surface area contributed by atoms with Crippen molar-refractivity contribution in [2.45, 2.75) is 60.3 Å². The van der Waals surface area contributed by atoms with Gasteiger partial charge in [-0.2, -0.15) is 0 Å². The number of fused-ring (bicyclic) bond motifs is 1. The Balaban J connectivity index is 2.09. The number of phenolic OH excluding ortho intramolecular Hbond substituents is 3. The van der Waals surface area contributed by atoms with Crippen LogP contribution in [-0.2, 0) is 12.8 Å². The van der Waals surface area contributed by atoms with E-state index in [-0.39, 0.29) is 33.8 Å². The van der Waals surface area contributed by atoms with Crippen molar-refractivity contribution in [1.29, 1.82) is 0 Å². The molecule has 3 rings (SSSR count). The highest BCUT2D eigenvalue weighted by Gasteiger charge is 2.17. The Bertz CT molecular complexity index is 1380. The summed E-state index contributed by atoms with van der Waals surface area (Å²) in [5.41, 5.74) is 5.67. The molecule has 2 aromatic carbocycles. The smallest absolute Gasteiger partial charge is 0.204 e. The fraction of sp³-hybridized carbons (Fsp3) is 0.300. The van der Waals surface area contributed by atoms with Crippen molar-refractivity contribution in [3.05, 3.63) is 86.8 Å². The van der Waals surface area contributed by atoms with Gasteiger partial charge in [-0.1, -0.05) is 34.9 Å². The molecule has 5 nitrogen and oxygen atoms in total. The third kappa shape index (κ3) is 6.44. The van der Waals surface area contributed by atoms with E-state index in [2.05, 4.69) is 32.9 Å². The largest absolute Gasteiger partial charge is 0.508 e. The van der Waals surface area contributed by atoms with Crippen LogP contribution >= 0.6 is 0 Å². The Labute approximate surface area is 206 Å². The Morgan fingerprint density at radius 1 is 0.857 bits per heavy atom. The summed E-state index contributed by atoms with van der Waals surface area (Å²) in [7, 11) is 0. The zero-order valence-electron chi connectivity index (χ0n) is 21.1.